The Labute approximate surface area is 139 Å². The molecule has 1 unspecified atom stereocenters. The van der Waals surface area contributed by atoms with Gasteiger partial charge in [-0.25, -0.2) is 0 Å². The fraction of sp³-hybridized carbons (Fsp3) is 0.611. The molecule has 2 aliphatic rings. The molecule has 1 amide bonds. The summed E-state index contributed by atoms with van der Waals surface area (Å²) in [4.78, 5) is 17.1. The maximum absolute atomic E-state index is 12.2. The Hall–Kier alpha value is -1.43. The van der Waals surface area contributed by atoms with Crippen LogP contribution in [-0.2, 0) is 11.2 Å². The van der Waals surface area contributed by atoms with Crippen molar-refractivity contribution in [2.45, 2.75) is 25.8 Å². The third-order valence-electron chi connectivity index (χ3n) is 4.93. The molecule has 2 aliphatic heterocycles. The zero-order chi connectivity index (χ0) is 16.1. The number of nitrogens with one attached hydrogen (secondary N) is 2. The molecule has 1 atom stereocenters. The van der Waals surface area contributed by atoms with Gasteiger partial charge >= 0.3 is 0 Å². The molecule has 2 fully saturated rings. The molecule has 2 saturated heterocycles. The van der Waals surface area contributed by atoms with E-state index in [1.165, 1.54) is 12.0 Å². The predicted octanol–water partition coefficient (Wildman–Crippen LogP) is 1.17. The number of likely N-dealkylation sites (tertiary alicyclic amines) is 1. The highest BCUT2D eigenvalue weighted by molar-refractivity contribution is 5.92. The van der Waals surface area contributed by atoms with Gasteiger partial charge in [0.2, 0.25) is 5.91 Å². The number of nitrogens with zero attached hydrogens (tertiary/aromatic N) is 2. The van der Waals surface area contributed by atoms with Crippen molar-refractivity contribution in [3.63, 3.8) is 0 Å². The molecule has 5 nitrogen and oxygen atoms in total. The Balaban J connectivity index is 1.44. The Morgan fingerprint density at radius 1 is 1.22 bits per heavy atom. The smallest absolute Gasteiger partial charge is 0.238 e. The third-order valence-corrected chi connectivity index (χ3v) is 4.93. The SMILES string of the molecule is CCc1ccc(NC(=O)CN2CCC(N3CCNCC3)C2)cc1. The minimum Gasteiger partial charge on any atom is -0.325 e. The van der Waals surface area contributed by atoms with E-state index in [1.54, 1.807) is 0 Å². The molecule has 1 aromatic rings. The van der Waals surface area contributed by atoms with Crippen LogP contribution in [0.5, 0.6) is 0 Å². The highest BCUT2D eigenvalue weighted by Gasteiger charge is 2.29. The van der Waals surface area contributed by atoms with Gasteiger partial charge < -0.3 is 10.6 Å². The van der Waals surface area contributed by atoms with Gasteiger partial charge in [0.15, 0.2) is 0 Å². The Morgan fingerprint density at radius 3 is 2.65 bits per heavy atom. The second-order valence-electron chi connectivity index (χ2n) is 6.56. The van der Waals surface area contributed by atoms with Gasteiger partial charge in [0.05, 0.1) is 6.54 Å². The fourth-order valence-electron chi connectivity index (χ4n) is 3.53. The summed E-state index contributed by atoms with van der Waals surface area (Å²) in [6.45, 7) is 9.12. The van der Waals surface area contributed by atoms with Gasteiger partial charge in [-0.15, -0.1) is 0 Å². The quantitative estimate of drug-likeness (QED) is 0.856. The first-order chi connectivity index (χ1) is 11.2. The van der Waals surface area contributed by atoms with Crippen molar-refractivity contribution in [1.82, 2.24) is 15.1 Å². The van der Waals surface area contributed by atoms with Gasteiger partial charge in [-0.2, -0.15) is 0 Å². The Bertz CT molecular complexity index is 510. The van der Waals surface area contributed by atoms with Crippen LogP contribution in [0.1, 0.15) is 18.9 Å². The van der Waals surface area contributed by atoms with E-state index in [-0.39, 0.29) is 5.91 Å². The lowest BCUT2D eigenvalue weighted by atomic mass is 10.1. The van der Waals surface area contributed by atoms with Crippen LogP contribution in [0, 0.1) is 0 Å². The summed E-state index contributed by atoms with van der Waals surface area (Å²) in [7, 11) is 0. The molecule has 0 spiro atoms. The van der Waals surface area contributed by atoms with E-state index in [9.17, 15) is 4.79 Å². The van der Waals surface area contributed by atoms with E-state index in [4.69, 9.17) is 0 Å². The molecular formula is C18H28N4O. The number of piperazine rings is 1. The van der Waals surface area contributed by atoms with E-state index in [2.05, 4.69) is 39.5 Å². The number of rotatable bonds is 5. The predicted molar refractivity (Wildman–Crippen MR) is 93.7 cm³/mol. The van der Waals surface area contributed by atoms with Crippen molar-refractivity contribution in [3.8, 4) is 0 Å². The van der Waals surface area contributed by atoms with Crippen molar-refractivity contribution in [1.29, 1.82) is 0 Å². The number of aryl methyl sites for hydroxylation is 1. The van der Waals surface area contributed by atoms with Gasteiger partial charge in [0.1, 0.15) is 0 Å². The van der Waals surface area contributed by atoms with Gasteiger partial charge in [-0.05, 0) is 30.5 Å². The molecule has 2 heterocycles. The normalized spacial score (nSPS) is 23.1. The lowest BCUT2D eigenvalue weighted by Gasteiger charge is -2.32. The highest BCUT2D eigenvalue weighted by Crippen LogP contribution is 2.16. The summed E-state index contributed by atoms with van der Waals surface area (Å²) < 4.78 is 0. The first-order valence-corrected chi connectivity index (χ1v) is 8.80. The zero-order valence-corrected chi connectivity index (χ0v) is 14.1. The van der Waals surface area contributed by atoms with Crippen LogP contribution in [-0.4, -0.2) is 67.6 Å². The number of carbonyl (C=O) groups excluding carboxylic acids is 1. The summed E-state index contributed by atoms with van der Waals surface area (Å²) in [6.07, 6.45) is 2.20. The maximum Gasteiger partial charge on any atom is 0.238 e. The number of benzene rings is 1. The summed E-state index contributed by atoms with van der Waals surface area (Å²) in [5.41, 5.74) is 2.19. The highest BCUT2D eigenvalue weighted by atomic mass is 16.2. The van der Waals surface area contributed by atoms with Crippen LogP contribution in [0.4, 0.5) is 5.69 Å². The van der Waals surface area contributed by atoms with Crippen molar-refractivity contribution in [2.75, 3.05) is 51.1 Å². The minimum atomic E-state index is 0.0928. The van der Waals surface area contributed by atoms with Crippen LogP contribution in [0.3, 0.4) is 0 Å². The van der Waals surface area contributed by atoms with E-state index in [0.717, 1.165) is 51.4 Å². The Morgan fingerprint density at radius 2 is 1.96 bits per heavy atom. The van der Waals surface area contributed by atoms with Crippen LogP contribution >= 0.6 is 0 Å². The van der Waals surface area contributed by atoms with Crippen molar-refractivity contribution < 1.29 is 4.79 Å². The van der Waals surface area contributed by atoms with E-state index in [1.807, 2.05) is 12.1 Å². The van der Waals surface area contributed by atoms with Crippen molar-refractivity contribution in [2.24, 2.45) is 0 Å². The molecule has 0 radical (unpaired) electrons. The number of amides is 1. The summed E-state index contributed by atoms with van der Waals surface area (Å²) in [5, 5.41) is 6.41. The minimum absolute atomic E-state index is 0.0928. The molecular weight excluding hydrogens is 288 g/mol. The topological polar surface area (TPSA) is 47.6 Å². The fourth-order valence-corrected chi connectivity index (χ4v) is 3.53. The number of hydrogen-bond acceptors (Lipinski definition) is 4. The second kappa shape index (κ2) is 7.90. The maximum atomic E-state index is 12.2. The standard InChI is InChI=1S/C18H28N4O/c1-2-15-3-5-16(6-4-15)20-18(23)14-21-10-7-17(13-21)22-11-8-19-9-12-22/h3-6,17,19H,2,7-14H2,1H3,(H,20,23). The second-order valence-corrected chi connectivity index (χ2v) is 6.56. The summed E-state index contributed by atoms with van der Waals surface area (Å²) in [6, 6.07) is 8.75. The first-order valence-electron chi connectivity index (χ1n) is 8.80. The van der Waals surface area contributed by atoms with Gasteiger partial charge in [-0.3, -0.25) is 14.6 Å². The number of hydrogen-bond donors (Lipinski definition) is 2. The van der Waals surface area contributed by atoms with Crippen LogP contribution in [0.15, 0.2) is 24.3 Å². The average Bonchev–Trinajstić information content (AvgIpc) is 3.04. The first kappa shape index (κ1) is 16.4. The van der Waals surface area contributed by atoms with Gasteiger partial charge in [0.25, 0.3) is 0 Å². The molecule has 5 heteroatoms. The molecule has 126 valence electrons. The zero-order valence-electron chi connectivity index (χ0n) is 14.1. The van der Waals surface area contributed by atoms with Gasteiger partial charge in [-0.1, -0.05) is 19.1 Å². The van der Waals surface area contributed by atoms with Crippen LogP contribution in [0.25, 0.3) is 0 Å². The van der Waals surface area contributed by atoms with E-state index in [0.29, 0.717) is 12.6 Å². The molecule has 0 aromatic heterocycles. The molecule has 1 aromatic carbocycles. The van der Waals surface area contributed by atoms with Crippen LogP contribution in [0.2, 0.25) is 0 Å². The lowest BCUT2D eigenvalue weighted by molar-refractivity contribution is -0.117. The number of anilines is 1. The largest absolute Gasteiger partial charge is 0.325 e. The molecule has 0 aliphatic carbocycles. The molecule has 23 heavy (non-hydrogen) atoms. The van der Waals surface area contributed by atoms with Crippen molar-refractivity contribution in [3.05, 3.63) is 29.8 Å². The van der Waals surface area contributed by atoms with Crippen molar-refractivity contribution >= 4 is 11.6 Å². The summed E-state index contributed by atoms with van der Waals surface area (Å²) >= 11 is 0. The summed E-state index contributed by atoms with van der Waals surface area (Å²) in [5.74, 6) is 0.0928. The van der Waals surface area contributed by atoms with Gasteiger partial charge in [0, 0.05) is 51.0 Å². The molecule has 3 rings (SSSR count). The molecule has 0 bridgehead atoms. The van der Waals surface area contributed by atoms with Crippen LogP contribution < -0.4 is 10.6 Å². The van der Waals surface area contributed by atoms with E-state index < -0.39 is 0 Å². The molecule has 0 saturated carbocycles. The average molecular weight is 316 g/mol. The number of carbonyl (C=O) groups is 1. The monoisotopic (exact) mass is 316 g/mol. The third kappa shape index (κ3) is 4.53. The lowest BCUT2D eigenvalue weighted by Crippen LogP contribution is -2.49. The Kier molecular flexibility index (Phi) is 5.65. The van der Waals surface area contributed by atoms with E-state index >= 15 is 0 Å². The molecule has 2 N–H and O–H groups in total.